The van der Waals surface area contributed by atoms with E-state index in [4.69, 9.17) is 5.11 Å². The SMILES string of the molecule is CC(C)(C)C(=Cc1c[nH]cn1)C(=O)O. The van der Waals surface area contributed by atoms with Crippen LogP contribution in [0.5, 0.6) is 0 Å². The lowest BCUT2D eigenvalue weighted by Gasteiger charge is -2.18. The Morgan fingerprint density at radius 2 is 2.21 bits per heavy atom. The van der Waals surface area contributed by atoms with Crippen molar-refractivity contribution >= 4 is 12.0 Å². The third-order valence-corrected chi connectivity index (χ3v) is 1.85. The molecule has 0 aliphatic carbocycles. The van der Waals surface area contributed by atoms with Crippen LogP contribution in [0.2, 0.25) is 0 Å². The molecule has 0 fully saturated rings. The molecule has 0 aliphatic rings. The fourth-order valence-electron chi connectivity index (χ4n) is 1.10. The predicted molar refractivity (Wildman–Crippen MR) is 53.7 cm³/mol. The second-order valence-corrected chi connectivity index (χ2v) is 4.11. The summed E-state index contributed by atoms with van der Waals surface area (Å²) in [6.07, 6.45) is 4.77. The first-order valence-corrected chi connectivity index (χ1v) is 4.35. The number of aromatic amines is 1. The van der Waals surface area contributed by atoms with Crippen LogP contribution in [-0.2, 0) is 4.79 Å². The molecule has 0 aliphatic heterocycles. The first-order valence-electron chi connectivity index (χ1n) is 4.35. The number of aromatic nitrogens is 2. The molecule has 0 radical (unpaired) electrons. The molecule has 4 nitrogen and oxygen atoms in total. The van der Waals surface area contributed by atoms with E-state index in [2.05, 4.69) is 9.97 Å². The van der Waals surface area contributed by atoms with Gasteiger partial charge < -0.3 is 10.1 Å². The summed E-state index contributed by atoms with van der Waals surface area (Å²) in [5, 5.41) is 9.00. The van der Waals surface area contributed by atoms with Crippen LogP contribution in [0.4, 0.5) is 0 Å². The fraction of sp³-hybridized carbons (Fsp3) is 0.400. The molecule has 0 aromatic carbocycles. The van der Waals surface area contributed by atoms with Gasteiger partial charge in [0.05, 0.1) is 12.0 Å². The minimum atomic E-state index is -0.902. The van der Waals surface area contributed by atoms with Crippen molar-refractivity contribution < 1.29 is 9.90 Å². The number of nitrogens with one attached hydrogen (secondary N) is 1. The van der Waals surface area contributed by atoms with Gasteiger partial charge in [-0.3, -0.25) is 0 Å². The summed E-state index contributed by atoms with van der Waals surface area (Å²) in [6.45, 7) is 5.58. The molecule has 0 atom stereocenters. The van der Waals surface area contributed by atoms with E-state index in [-0.39, 0.29) is 5.41 Å². The van der Waals surface area contributed by atoms with E-state index < -0.39 is 5.97 Å². The van der Waals surface area contributed by atoms with Gasteiger partial charge in [-0.15, -0.1) is 0 Å². The number of aliphatic carboxylic acids is 1. The van der Waals surface area contributed by atoms with E-state index >= 15 is 0 Å². The van der Waals surface area contributed by atoms with Gasteiger partial charge >= 0.3 is 5.97 Å². The van der Waals surface area contributed by atoms with Crippen LogP contribution in [0.25, 0.3) is 6.08 Å². The summed E-state index contributed by atoms with van der Waals surface area (Å²) < 4.78 is 0. The molecule has 4 heteroatoms. The van der Waals surface area contributed by atoms with Crippen LogP contribution in [0.3, 0.4) is 0 Å². The van der Waals surface area contributed by atoms with Gasteiger partial charge in [-0.25, -0.2) is 9.78 Å². The van der Waals surface area contributed by atoms with E-state index in [0.717, 1.165) is 0 Å². The quantitative estimate of drug-likeness (QED) is 0.707. The third kappa shape index (κ3) is 2.45. The standard InChI is InChI=1S/C10H14N2O2/c1-10(2,3)8(9(13)14)4-7-5-11-6-12-7/h4-6H,1-3H3,(H,11,12)(H,13,14). The van der Waals surface area contributed by atoms with Gasteiger partial charge in [-0.2, -0.15) is 0 Å². The summed E-state index contributed by atoms with van der Waals surface area (Å²) in [5.74, 6) is -0.902. The summed E-state index contributed by atoms with van der Waals surface area (Å²) in [6, 6.07) is 0. The molecule has 2 N–H and O–H groups in total. The van der Waals surface area contributed by atoms with Crippen molar-refractivity contribution in [2.45, 2.75) is 20.8 Å². The highest BCUT2D eigenvalue weighted by Crippen LogP contribution is 2.26. The van der Waals surface area contributed by atoms with E-state index in [0.29, 0.717) is 11.3 Å². The highest BCUT2D eigenvalue weighted by Gasteiger charge is 2.23. The molecule has 1 aromatic rings. The minimum Gasteiger partial charge on any atom is -0.478 e. The zero-order valence-electron chi connectivity index (χ0n) is 8.53. The lowest BCUT2D eigenvalue weighted by atomic mass is 9.86. The maximum absolute atomic E-state index is 11.0. The Morgan fingerprint density at radius 3 is 2.57 bits per heavy atom. The van der Waals surface area contributed by atoms with Crippen molar-refractivity contribution in [2.24, 2.45) is 5.41 Å². The molecule has 1 rings (SSSR count). The number of carboxylic acid groups (broad SMARTS) is 1. The van der Waals surface area contributed by atoms with Crippen molar-refractivity contribution in [3.8, 4) is 0 Å². The Kier molecular flexibility index (Phi) is 2.74. The lowest BCUT2D eigenvalue weighted by Crippen LogP contribution is -2.17. The van der Waals surface area contributed by atoms with Crippen LogP contribution >= 0.6 is 0 Å². The molecule has 0 spiro atoms. The second-order valence-electron chi connectivity index (χ2n) is 4.11. The molecule has 1 heterocycles. The largest absolute Gasteiger partial charge is 0.478 e. The van der Waals surface area contributed by atoms with Crippen molar-refractivity contribution in [2.75, 3.05) is 0 Å². The van der Waals surface area contributed by atoms with Crippen molar-refractivity contribution in [1.29, 1.82) is 0 Å². The summed E-state index contributed by atoms with van der Waals surface area (Å²) >= 11 is 0. The Balaban J connectivity index is 3.07. The van der Waals surface area contributed by atoms with E-state index in [1.54, 1.807) is 12.3 Å². The average Bonchev–Trinajstić information content (AvgIpc) is 2.48. The highest BCUT2D eigenvalue weighted by molar-refractivity contribution is 5.93. The van der Waals surface area contributed by atoms with Crippen LogP contribution in [0.15, 0.2) is 18.1 Å². The summed E-state index contributed by atoms with van der Waals surface area (Å²) in [4.78, 5) is 17.7. The second kappa shape index (κ2) is 3.65. The predicted octanol–water partition coefficient (Wildman–Crippen LogP) is 1.92. The average molecular weight is 194 g/mol. The van der Waals surface area contributed by atoms with Crippen LogP contribution in [0.1, 0.15) is 26.5 Å². The van der Waals surface area contributed by atoms with Crippen molar-refractivity contribution in [1.82, 2.24) is 9.97 Å². The number of imidazole rings is 1. The molecule has 0 saturated heterocycles. The van der Waals surface area contributed by atoms with Gasteiger partial charge in [-0.1, -0.05) is 20.8 Å². The number of carbonyl (C=O) groups is 1. The Hall–Kier alpha value is -1.58. The zero-order valence-corrected chi connectivity index (χ0v) is 8.53. The maximum atomic E-state index is 11.0. The molecule has 76 valence electrons. The summed E-state index contributed by atoms with van der Waals surface area (Å²) in [7, 11) is 0. The Labute approximate surface area is 82.7 Å². The third-order valence-electron chi connectivity index (χ3n) is 1.85. The smallest absolute Gasteiger partial charge is 0.332 e. The van der Waals surface area contributed by atoms with Gasteiger partial charge in [0, 0.05) is 11.8 Å². The van der Waals surface area contributed by atoms with Gasteiger partial charge in [0.1, 0.15) is 0 Å². The molecular formula is C10H14N2O2. The minimum absolute atomic E-state index is 0.351. The number of nitrogens with zero attached hydrogens (tertiary/aromatic N) is 1. The topological polar surface area (TPSA) is 66.0 Å². The number of H-pyrrole nitrogens is 1. The molecular weight excluding hydrogens is 180 g/mol. The first-order chi connectivity index (χ1) is 6.41. The van der Waals surface area contributed by atoms with Gasteiger partial charge in [-0.05, 0) is 11.5 Å². The summed E-state index contributed by atoms with van der Waals surface area (Å²) in [5.41, 5.74) is 0.604. The fourth-order valence-corrected chi connectivity index (χ4v) is 1.10. The van der Waals surface area contributed by atoms with Gasteiger partial charge in [0.2, 0.25) is 0 Å². The Bertz CT molecular complexity index is 345. The van der Waals surface area contributed by atoms with Crippen molar-refractivity contribution in [3.63, 3.8) is 0 Å². The maximum Gasteiger partial charge on any atom is 0.332 e. The van der Waals surface area contributed by atoms with Crippen LogP contribution < -0.4 is 0 Å². The van der Waals surface area contributed by atoms with Crippen LogP contribution in [0, 0.1) is 5.41 Å². The molecule has 0 bridgehead atoms. The first kappa shape index (κ1) is 10.5. The number of hydrogen-bond acceptors (Lipinski definition) is 2. The van der Waals surface area contributed by atoms with Gasteiger partial charge in [0.25, 0.3) is 0 Å². The Morgan fingerprint density at radius 1 is 1.57 bits per heavy atom. The van der Waals surface area contributed by atoms with Gasteiger partial charge in [0.15, 0.2) is 0 Å². The van der Waals surface area contributed by atoms with E-state index in [9.17, 15) is 4.79 Å². The van der Waals surface area contributed by atoms with E-state index in [1.165, 1.54) is 6.33 Å². The zero-order chi connectivity index (χ0) is 10.8. The molecule has 0 unspecified atom stereocenters. The lowest BCUT2D eigenvalue weighted by molar-refractivity contribution is -0.133. The molecule has 14 heavy (non-hydrogen) atoms. The van der Waals surface area contributed by atoms with E-state index in [1.807, 2.05) is 20.8 Å². The highest BCUT2D eigenvalue weighted by atomic mass is 16.4. The number of rotatable bonds is 2. The monoisotopic (exact) mass is 194 g/mol. The van der Waals surface area contributed by atoms with Crippen molar-refractivity contribution in [3.05, 3.63) is 23.8 Å². The molecule has 0 saturated carbocycles. The molecule has 1 aromatic heterocycles. The molecule has 0 amide bonds. The number of hydrogen-bond donors (Lipinski definition) is 2. The number of carboxylic acids is 1. The normalized spacial score (nSPS) is 12.9. The van der Waals surface area contributed by atoms with Crippen LogP contribution in [-0.4, -0.2) is 21.0 Å².